The summed E-state index contributed by atoms with van der Waals surface area (Å²) in [5, 5.41) is 10.0. The molecule has 0 aromatic carbocycles. The molecule has 1 aromatic heterocycles. The van der Waals surface area contributed by atoms with Gasteiger partial charge in [-0.05, 0) is 24.5 Å². The Morgan fingerprint density at radius 2 is 2.21 bits per heavy atom. The molecule has 1 fully saturated rings. The van der Waals surface area contributed by atoms with Crippen molar-refractivity contribution in [2.24, 2.45) is 11.8 Å². The molecule has 19 heavy (non-hydrogen) atoms. The lowest BCUT2D eigenvalue weighted by Gasteiger charge is -2.09. The summed E-state index contributed by atoms with van der Waals surface area (Å²) in [4.78, 5) is 11.7. The highest BCUT2D eigenvalue weighted by Crippen LogP contribution is 2.17. The van der Waals surface area contributed by atoms with E-state index in [0.29, 0.717) is 18.8 Å². The van der Waals surface area contributed by atoms with Crippen molar-refractivity contribution < 1.29 is 13.2 Å². The Morgan fingerprint density at radius 3 is 2.74 bits per heavy atom. The van der Waals surface area contributed by atoms with E-state index >= 15 is 0 Å². The fourth-order valence-electron chi connectivity index (χ4n) is 1.89. The van der Waals surface area contributed by atoms with Crippen molar-refractivity contribution in [3.63, 3.8) is 0 Å². The van der Waals surface area contributed by atoms with Crippen LogP contribution in [0.15, 0.2) is 12.1 Å². The molecule has 4 N–H and O–H groups in total. The Labute approximate surface area is 110 Å². The number of hydrogen-bond acceptors (Lipinski definition) is 7. The number of nitrogens with zero attached hydrogens (tertiary/aromatic N) is 2. The summed E-state index contributed by atoms with van der Waals surface area (Å²) in [5.74, 6) is 5.43. The number of sulfone groups is 1. The average Bonchev–Trinajstić information content (AvgIpc) is 2.76. The van der Waals surface area contributed by atoms with Crippen molar-refractivity contribution in [3.8, 4) is 0 Å². The molecule has 0 saturated carbocycles. The van der Waals surface area contributed by atoms with Gasteiger partial charge in [-0.3, -0.25) is 4.79 Å². The van der Waals surface area contributed by atoms with Gasteiger partial charge in [0.25, 0.3) is 5.91 Å². The monoisotopic (exact) mass is 285 g/mol. The van der Waals surface area contributed by atoms with Crippen molar-refractivity contribution in [2.45, 2.75) is 6.42 Å². The van der Waals surface area contributed by atoms with E-state index in [0.717, 1.165) is 0 Å². The minimum Gasteiger partial charge on any atom is -0.350 e. The summed E-state index contributed by atoms with van der Waals surface area (Å²) < 4.78 is 22.5. The molecular formula is C10H15N5O3S. The second-order valence-electron chi connectivity index (χ2n) is 4.43. The van der Waals surface area contributed by atoms with E-state index in [4.69, 9.17) is 5.84 Å². The molecule has 0 aliphatic carbocycles. The third kappa shape index (κ3) is 3.61. The molecule has 2 rings (SSSR count). The summed E-state index contributed by atoms with van der Waals surface area (Å²) in [6.07, 6.45) is 0.588. The highest BCUT2D eigenvalue weighted by atomic mass is 32.2. The summed E-state index contributed by atoms with van der Waals surface area (Å²) in [5.41, 5.74) is 2.47. The van der Waals surface area contributed by atoms with Gasteiger partial charge in [0.2, 0.25) is 0 Å². The van der Waals surface area contributed by atoms with E-state index in [9.17, 15) is 13.2 Å². The minimum atomic E-state index is -2.92. The zero-order valence-corrected chi connectivity index (χ0v) is 11.0. The first-order chi connectivity index (χ1) is 9.00. The van der Waals surface area contributed by atoms with E-state index in [-0.39, 0.29) is 29.0 Å². The summed E-state index contributed by atoms with van der Waals surface area (Å²) >= 11 is 0. The lowest BCUT2D eigenvalue weighted by atomic mass is 10.1. The Bertz CT molecular complexity index is 557. The predicted molar refractivity (Wildman–Crippen MR) is 68.9 cm³/mol. The van der Waals surface area contributed by atoms with Gasteiger partial charge in [-0.15, -0.1) is 10.2 Å². The molecule has 1 unspecified atom stereocenters. The van der Waals surface area contributed by atoms with Crippen molar-refractivity contribution in [1.29, 1.82) is 0 Å². The van der Waals surface area contributed by atoms with Gasteiger partial charge in [0.15, 0.2) is 21.3 Å². The molecule has 9 heteroatoms. The van der Waals surface area contributed by atoms with Gasteiger partial charge >= 0.3 is 0 Å². The third-order valence-electron chi connectivity index (χ3n) is 2.92. The first kappa shape index (κ1) is 13.7. The first-order valence-electron chi connectivity index (χ1n) is 5.79. The van der Waals surface area contributed by atoms with Crippen LogP contribution in [0.2, 0.25) is 0 Å². The number of amides is 1. The largest absolute Gasteiger partial charge is 0.350 e. The van der Waals surface area contributed by atoms with Gasteiger partial charge in [-0.2, -0.15) is 0 Å². The zero-order chi connectivity index (χ0) is 13.9. The number of carbonyl (C=O) groups excluding carboxylic acids is 1. The van der Waals surface area contributed by atoms with Gasteiger partial charge in [-0.25, -0.2) is 14.3 Å². The molecule has 1 amide bonds. The molecule has 0 spiro atoms. The van der Waals surface area contributed by atoms with Crippen LogP contribution in [0.4, 0.5) is 5.82 Å². The van der Waals surface area contributed by atoms with Crippen molar-refractivity contribution in [3.05, 3.63) is 17.8 Å². The fraction of sp³-hybridized carbons (Fsp3) is 0.500. The van der Waals surface area contributed by atoms with E-state index in [1.807, 2.05) is 0 Å². The predicted octanol–water partition coefficient (Wildman–Crippen LogP) is -1.07. The molecule has 104 valence electrons. The summed E-state index contributed by atoms with van der Waals surface area (Å²) in [6.45, 7) is 0.330. The number of nitrogen functional groups attached to an aromatic ring is 1. The van der Waals surface area contributed by atoms with Crippen LogP contribution in [-0.2, 0) is 9.84 Å². The second kappa shape index (κ2) is 5.49. The molecule has 8 nitrogen and oxygen atoms in total. The molecule has 1 aliphatic rings. The van der Waals surface area contributed by atoms with Crippen LogP contribution >= 0.6 is 0 Å². The zero-order valence-electron chi connectivity index (χ0n) is 10.2. The molecule has 1 saturated heterocycles. The minimum absolute atomic E-state index is 0.0214. The Kier molecular flexibility index (Phi) is 3.96. The molecule has 2 heterocycles. The standard InChI is InChI=1S/C10H15N5O3S/c11-13-9-2-1-8(14-15-9)10(16)12-5-7-3-4-19(17,18)6-7/h1-2,7H,3-6,11H2,(H,12,16)(H,13,15). The first-order valence-corrected chi connectivity index (χ1v) is 7.61. The van der Waals surface area contributed by atoms with Crippen LogP contribution in [0.3, 0.4) is 0 Å². The van der Waals surface area contributed by atoms with Gasteiger partial charge in [0, 0.05) is 6.54 Å². The highest BCUT2D eigenvalue weighted by molar-refractivity contribution is 7.91. The molecular weight excluding hydrogens is 270 g/mol. The van der Waals surface area contributed by atoms with Crippen LogP contribution < -0.4 is 16.6 Å². The van der Waals surface area contributed by atoms with Crippen molar-refractivity contribution >= 4 is 21.6 Å². The second-order valence-corrected chi connectivity index (χ2v) is 6.66. The maximum absolute atomic E-state index is 11.7. The van der Waals surface area contributed by atoms with Crippen LogP contribution in [-0.4, -0.2) is 42.6 Å². The van der Waals surface area contributed by atoms with Crippen LogP contribution in [0, 0.1) is 5.92 Å². The number of nitrogens with two attached hydrogens (primary N) is 1. The maximum atomic E-state index is 11.7. The van der Waals surface area contributed by atoms with Crippen LogP contribution in [0.1, 0.15) is 16.9 Å². The van der Waals surface area contributed by atoms with E-state index in [2.05, 4.69) is 20.9 Å². The number of hydrogen-bond donors (Lipinski definition) is 3. The van der Waals surface area contributed by atoms with E-state index < -0.39 is 9.84 Å². The normalized spacial score (nSPS) is 21.0. The number of nitrogens with one attached hydrogen (secondary N) is 2. The smallest absolute Gasteiger partial charge is 0.271 e. The quantitative estimate of drug-likeness (QED) is 0.474. The SMILES string of the molecule is NNc1ccc(C(=O)NCC2CCS(=O)(=O)C2)nn1. The van der Waals surface area contributed by atoms with Crippen molar-refractivity contribution in [2.75, 3.05) is 23.5 Å². The average molecular weight is 285 g/mol. The number of hydrazine groups is 1. The molecule has 0 radical (unpaired) electrons. The number of anilines is 1. The number of rotatable bonds is 4. The summed E-state index contributed by atoms with van der Waals surface area (Å²) in [6, 6.07) is 3.02. The Balaban J connectivity index is 1.87. The topological polar surface area (TPSA) is 127 Å². The fourth-order valence-corrected chi connectivity index (χ4v) is 3.75. The lowest BCUT2D eigenvalue weighted by Crippen LogP contribution is -2.30. The lowest BCUT2D eigenvalue weighted by molar-refractivity contribution is 0.0942. The van der Waals surface area contributed by atoms with E-state index in [1.54, 1.807) is 0 Å². The molecule has 1 atom stereocenters. The molecule has 0 bridgehead atoms. The van der Waals surface area contributed by atoms with Gasteiger partial charge < -0.3 is 10.7 Å². The number of carbonyl (C=O) groups is 1. The van der Waals surface area contributed by atoms with Crippen LogP contribution in [0.5, 0.6) is 0 Å². The number of aromatic nitrogens is 2. The van der Waals surface area contributed by atoms with Crippen molar-refractivity contribution in [1.82, 2.24) is 15.5 Å². The summed E-state index contributed by atoms with van der Waals surface area (Å²) in [7, 11) is -2.92. The highest BCUT2D eigenvalue weighted by Gasteiger charge is 2.28. The Hall–Kier alpha value is -1.74. The van der Waals surface area contributed by atoms with E-state index in [1.165, 1.54) is 12.1 Å². The third-order valence-corrected chi connectivity index (χ3v) is 4.76. The maximum Gasteiger partial charge on any atom is 0.271 e. The van der Waals surface area contributed by atoms with Gasteiger partial charge in [-0.1, -0.05) is 0 Å². The van der Waals surface area contributed by atoms with Gasteiger partial charge in [0.1, 0.15) is 0 Å². The Morgan fingerprint density at radius 1 is 1.42 bits per heavy atom. The van der Waals surface area contributed by atoms with Crippen LogP contribution in [0.25, 0.3) is 0 Å². The van der Waals surface area contributed by atoms with Gasteiger partial charge in [0.05, 0.1) is 11.5 Å². The molecule has 1 aromatic rings. The molecule has 1 aliphatic heterocycles.